The Kier molecular flexibility index (Phi) is 4.78. The third kappa shape index (κ3) is 4.46. The maximum atomic E-state index is 8.77. The normalized spacial score (nSPS) is 14.3. The molecule has 9 heavy (non-hydrogen) atoms. The van der Waals surface area contributed by atoms with Crippen molar-refractivity contribution in [3.8, 4) is 0 Å². The van der Waals surface area contributed by atoms with Crippen molar-refractivity contribution in [2.75, 3.05) is 6.61 Å². The number of hydrogen-bond donors (Lipinski definition) is 1. The fourth-order valence-corrected chi connectivity index (χ4v) is 1.04. The van der Waals surface area contributed by atoms with Crippen LogP contribution in [-0.4, -0.2) is 11.7 Å². The van der Waals surface area contributed by atoms with Crippen LogP contribution in [0.2, 0.25) is 0 Å². The first-order valence-electron chi connectivity index (χ1n) is 3.81. The van der Waals surface area contributed by atoms with E-state index in [9.17, 15) is 0 Å². The van der Waals surface area contributed by atoms with E-state index < -0.39 is 0 Å². The van der Waals surface area contributed by atoms with E-state index in [0.717, 1.165) is 18.8 Å². The molecular weight excluding hydrogens is 112 g/mol. The standard InChI is InChI=1S/C8H18O/c1-4-8(6-9)5-7(2)3/h7-9H,4-6H2,1-3H3/t8-/m0/s1. The first-order chi connectivity index (χ1) is 4.20. The van der Waals surface area contributed by atoms with Gasteiger partial charge in [0.2, 0.25) is 0 Å². The van der Waals surface area contributed by atoms with Crippen LogP contribution in [0.5, 0.6) is 0 Å². The Balaban J connectivity index is 3.31. The van der Waals surface area contributed by atoms with Crippen molar-refractivity contribution >= 4 is 0 Å². The lowest BCUT2D eigenvalue weighted by Crippen LogP contribution is -2.07. The van der Waals surface area contributed by atoms with Crippen LogP contribution >= 0.6 is 0 Å². The molecule has 0 rings (SSSR count). The molecule has 0 spiro atoms. The van der Waals surface area contributed by atoms with E-state index >= 15 is 0 Å². The molecule has 0 aliphatic heterocycles. The molecule has 0 bridgehead atoms. The van der Waals surface area contributed by atoms with Crippen molar-refractivity contribution in [1.82, 2.24) is 0 Å². The van der Waals surface area contributed by atoms with E-state index in [0.29, 0.717) is 12.5 Å². The minimum absolute atomic E-state index is 0.356. The van der Waals surface area contributed by atoms with Crippen LogP contribution in [0.25, 0.3) is 0 Å². The summed E-state index contributed by atoms with van der Waals surface area (Å²) in [7, 11) is 0. The van der Waals surface area contributed by atoms with E-state index in [1.165, 1.54) is 0 Å². The maximum absolute atomic E-state index is 8.77. The first-order valence-corrected chi connectivity index (χ1v) is 3.81. The molecule has 0 saturated heterocycles. The molecule has 1 heteroatoms. The molecule has 1 nitrogen and oxygen atoms in total. The highest BCUT2D eigenvalue weighted by Crippen LogP contribution is 2.13. The Morgan fingerprint density at radius 2 is 1.89 bits per heavy atom. The smallest absolute Gasteiger partial charge is 0.0459 e. The van der Waals surface area contributed by atoms with Crippen LogP contribution < -0.4 is 0 Å². The Morgan fingerprint density at radius 3 is 2.00 bits per heavy atom. The Hall–Kier alpha value is -0.0400. The van der Waals surface area contributed by atoms with E-state index in [2.05, 4.69) is 20.8 Å². The van der Waals surface area contributed by atoms with Gasteiger partial charge in [-0.15, -0.1) is 0 Å². The lowest BCUT2D eigenvalue weighted by molar-refractivity contribution is 0.202. The second-order valence-electron chi connectivity index (χ2n) is 3.09. The molecule has 1 N–H and O–H groups in total. The SMILES string of the molecule is CC[C@H](CO)CC(C)C. The van der Waals surface area contributed by atoms with Gasteiger partial charge in [-0.05, 0) is 18.3 Å². The second-order valence-corrected chi connectivity index (χ2v) is 3.09. The van der Waals surface area contributed by atoms with Crippen LogP contribution in [-0.2, 0) is 0 Å². The summed E-state index contributed by atoms with van der Waals surface area (Å²) in [6.45, 7) is 6.87. The fourth-order valence-electron chi connectivity index (χ4n) is 1.04. The van der Waals surface area contributed by atoms with Gasteiger partial charge < -0.3 is 5.11 Å². The summed E-state index contributed by atoms with van der Waals surface area (Å²) in [5.41, 5.74) is 0. The Labute approximate surface area is 58.1 Å². The summed E-state index contributed by atoms with van der Waals surface area (Å²) < 4.78 is 0. The molecule has 0 saturated carbocycles. The first kappa shape index (κ1) is 8.96. The highest BCUT2D eigenvalue weighted by molar-refractivity contribution is 4.56. The molecule has 0 unspecified atom stereocenters. The lowest BCUT2D eigenvalue weighted by atomic mass is 9.96. The molecule has 56 valence electrons. The zero-order chi connectivity index (χ0) is 7.28. The van der Waals surface area contributed by atoms with Crippen molar-refractivity contribution in [3.63, 3.8) is 0 Å². The molecule has 0 heterocycles. The van der Waals surface area contributed by atoms with Crippen LogP contribution in [0, 0.1) is 11.8 Å². The Morgan fingerprint density at radius 1 is 1.33 bits per heavy atom. The van der Waals surface area contributed by atoms with E-state index in [4.69, 9.17) is 5.11 Å². The molecule has 0 aliphatic rings. The molecular formula is C8H18O. The molecule has 0 aliphatic carbocycles. The van der Waals surface area contributed by atoms with Gasteiger partial charge in [0.05, 0.1) is 0 Å². The van der Waals surface area contributed by atoms with Crippen LogP contribution in [0.1, 0.15) is 33.6 Å². The maximum Gasteiger partial charge on any atom is 0.0459 e. The van der Waals surface area contributed by atoms with Crippen molar-refractivity contribution in [2.24, 2.45) is 11.8 Å². The number of aliphatic hydroxyl groups is 1. The van der Waals surface area contributed by atoms with Gasteiger partial charge in [0.25, 0.3) is 0 Å². The molecule has 0 aromatic heterocycles. The fraction of sp³-hybridized carbons (Fsp3) is 1.00. The average molecular weight is 130 g/mol. The van der Waals surface area contributed by atoms with E-state index in [1.54, 1.807) is 0 Å². The summed E-state index contributed by atoms with van der Waals surface area (Å²) in [6, 6.07) is 0. The van der Waals surface area contributed by atoms with Crippen molar-refractivity contribution in [1.29, 1.82) is 0 Å². The van der Waals surface area contributed by atoms with Gasteiger partial charge in [-0.25, -0.2) is 0 Å². The van der Waals surface area contributed by atoms with Crippen LogP contribution in [0.15, 0.2) is 0 Å². The van der Waals surface area contributed by atoms with Gasteiger partial charge in [-0.3, -0.25) is 0 Å². The predicted octanol–water partition coefficient (Wildman–Crippen LogP) is 2.05. The van der Waals surface area contributed by atoms with Gasteiger partial charge >= 0.3 is 0 Å². The predicted molar refractivity (Wildman–Crippen MR) is 40.3 cm³/mol. The highest BCUT2D eigenvalue weighted by Gasteiger charge is 2.05. The molecule has 0 amide bonds. The van der Waals surface area contributed by atoms with Crippen molar-refractivity contribution in [3.05, 3.63) is 0 Å². The van der Waals surface area contributed by atoms with Crippen molar-refractivity contribution in [2.45, 2.75) is 33.6 Å². The second kappa shape index (κ2) is 4.80. The minimum atomic E-state index is 0.356. The van der Waals surface area contributed by atoms with Gasteiger partial charge in [-0.1, -0.05) is 27.2 Å². The monoisotopic (exact) mass is 130 g/mol. The van der Waals surface area contributed by atoms with Gasteiger partial charge in [0, 0.05) is 6.61 Å². The summed E-state index contributed by atoms with van der Waals surface area (Å²) in [4.78, 5) is 0. The number of rotatable bonds is 4. The number of aliphatic hydroxyl groups excluding tert-OH is 1. The van der Waals surface area contributed by atoms with Crippen molar-refractivity contribution < 1.29 is 5.11 Å². The van der Waals surface area contributed by atoms with Gasteiger partial charge in [0.15, 0.2) is 0 Å². The largest absolute Gasteiger partial charge is 0.396 e. The average Bonchev–Trinajstić information content (AvgIpc) is 1.82. The lowest BCUT2D eigenvalue weighted by Gasteiger charge is -2.12. The zero-order valence-corrected chi connectivity index (χ0v) is 6.72. The van der Waals surface area contributed by atoms with Crippen LogP contribution in [0.3, 0.4) is 0 Å². The molecule has 0 radical (unpaired) electrons. The molecule has 1 atom stereocenters. The van der Waals surface area contributed by atoms with Gasteiger partial charge in [-0.2, -0.15) is 0 Å². The van der Waals surface area contributed by atoms with Gasteiger partial charge in [0.1, 0.15) is 0 Å². The molecule has 0 aromatic rings. The quantitative estimate of drug-likeness (QED) is 0.617. The summed E-state index contributed by atoms with van der Waals surface area (Å²) in [5, 5.41) is 8.77. The highest BCUT2D eigenvalue weighted by atomic mass is 16.3. The third-order valence-electron chi connectivity index (χ3n) is 1.64. The topological polar surface area (TPSA) is 20.2 Å². The Bertz CT molecular complexity index is 55.6. The van der Waals surface area contributed by atoms with E-state index in [1.807, 2.05) is 0 Å². The molecule has 0 fully saturated rings. The number of hydrogen-bond acceptors (Lipinski definition) is 1. The zero-order valence-electron chi connectivity index (χ0n) is 6.72. The minimum Gasteiger partial charge on any atom is -0.396 e. The van der Waals surface area contributed by atoms with E-state index in [-0.39, 0.29) is 0 Å². The summed E-state index contributed by atoms with van der Waals surface area (Å²) in [6.07, 6.45) is 2.27. The summed E-state index contributed by atoms with van der Waals surface area (Å²) in [5.74, 6) is 1.26. The third-order valence-corrected chi connectivity index (χ3v) is 1.64. The summed E-state index contributed by atoms with van der Waals surface area (Å²) >= 11 is 0. The van der Waals surface area contributed by atoms with Crippen LogP contribution in [0.4, 0.5) is 0 Å². The molecule has 0 aromatic carbocycles.